The molecule has 88 valence electrons. The highest BCUT2D eigenvalue weighted by Crippen LogP contribution is 2.16. The molecular weight excluding hydrogens is 230 g/mol. The number of carbonyl (C=O) groups is 1. The summed E-state index contributed by atoms with van der Waals surface area (Å²) in [4.78, 5) is 10.6. The van der Waals surface area contributed by atoms with Gasteiger partial charge in [0.05, 0.1) is 6.61 Å². The highest BCUT2D eigenvalue weighted by atomic mass is 35.5. The molecule has 0 bridgehead atoms. The van der Waals surface area contributed by atoms with Crippen molar-refractivity contribution in [3.05, 3.63) is 34.3 Å². The van der Waals surface area contributed by atoms with E-state index in [1.54, 1.807) is 6.07 Å². The van der Waals surface area contributed by atoms with Crippen molar-refractivity contribution in [2.24, 2.45) is 0 Å². The van der Waals surface area contributed by atoms with Gasteiger partial charge in [0.1, 0.15) is 6.04 Å². The molecule has 0 aliphatic carbocycles. The van der Waals surface area contributed by atoms with E-state index in [0.717, 1.165) is 11.1 Å². The Bertz CT molecular complexity index is 381. The summed E-state index contributed by atoms with van der Waals surface area (Å²) >= 11 is 5.87. The first-order chi connectivity index (χ1) is 7.54. The van der Waals surface area contributed by atoms with E-state index in [0.29, 0.717) is 11.6 Å². The maximum Gasteiger partial charge on any atom is 0.323 e. The summed E-state index contributed by atoms with van der Waals surface area (Å²) in [6, 6.07) is 4.53. The lowest BCUT2D eigenvalue weighted by Gasteiger charge is -2.12. The molecule has 0 fully saturated rings. The van der Waals surface area contributed by atoms with E-state index in [1.165, 1.54) is 0 Å². The molecule has 0 saturated heterocycles. The molecule has 0 saturated carbocycles. The van der Waals surface area contributed by atoms with Gasteiger partial charge >= 0.3 is 5.97 Å². The number of rotatable bonds is 5. The fourth-order valence-electron chi connectivity index (χ4n) is 1.29. The minimum atomic E-state index is -1.06. The topological polar surface area (TPSA) is 69.6 Å². The van der Waals surface area contributed by atoms with Crippen molar-refractivity contribution < 1.29 is 15.0 Å². The van der Waals surface area contributed by atoms with Crippen LogP contribution in [0.5, 0.6) is 0 Å². The smallest absolute Gasteiger partial charge is 0.323 e. The van der Waals surface area contributed by atoms with Crippen molar-refractivity contribution in [1.29, 1.82) is 0 Å². The number of nitrogens with one attached hydrogen (secondary N) is 1. The molecule has 0 unspecified atom stereocenters. The Morgan fingerprint density at radius 2 is 2.25 bits per heavy atom. The van der Waals surface area contributed by atoms with Gasteiger partial charge in [0.25, 0.3) is 0 Å². The quantitative estimate of drug-likeness (QED) is 0.727. The molecule has 1 aromatic rings. The number of aryl methyl sites for hydroxylation is 1. The van der Waals surface area contributed by atoms with Gasteiger partial charge in [-0.05, 0) is 24.1 Å². The van der Waals surface area contributed by atoms with Crippen LogP contribution in [0.1, 0.15) is 11.1 Å². The van der Waals surface area contributed by atoms with Crippen molar-refractivity contribution in [3.8, 4) is 0 Å². The molecule has 1 atom stereocenters. The molecule has 5 heteroatoms. The minimum absolute atomic E-state index is 0.384. The Morgan fingerprint density at radius 3 is 2.75 bits per heavy atom. The monoisotopic (exact) mass is 243 g/mol. The molecule has 0 amide bonds. The predicted octanol–water partition coefficient (Wildman–Crippen LogP) is 1.18. The molecule has 1 rings (SSSR count). The van der Waals surface area contributed by atoms with E-state index in [1.807, 2.05) is 19.1 Å². The molecule has 1 aromatic carbocycles. The van der Waals surface area contributed by atoms with Crippen LogP contribution in [-0.4, -0.2) is 28.8 Å². The van der Waals surface area contributed by atoms with E-state index >= 15 is 0 Å². The minimum Gasteiger partial charge on any atom is -0.480 e. The molecule has 16 heavy (non-hydrogen) atoms. The van der Waals surface area contributed by atoms with Gasteiger partial charge in [0.2, 0.25) is 0 Å². The van der Waals surface area contributed by atoms with E-state index in [4.69, 9.17) is 21.8 Å². The van der Waals surface area contributed by atoms with Crippen LogP contribution in [0.15, 0.2) is 18.2 Å². The van der Waals surface area contributed by atoms with Crippen LogP contribution in [0.25, 0.3) is 0 Å². The van der Waals surface area contributed by atoms with Crippen LogP contribution in [0.4, 0.5) is 0 Å². The lowest BCUT2D eigenvalue weighted by atomic mass is 10.1. The zero-order valence-electron chi connectivity index (χ0n) is 8.90. The fraction of sp³-hybridized carbons (Fsp3) is 0.364. The van der Waals surface area contributed by atoms with Gasteiger partial charge in [-0.2, -0.15) is 0 Å². The van der Waals surface area contributed by atoms with Crippen LogP contribution >= 0.6 is 11.6 Å². The highest BCUT2D eigenvalue weighted by Gasteiger charge is 2.14. The fourth-order valence-corrected chi connectivity index (χ4v) is 1.41. The lowest BCUT2D eigenvalue weighted by molar-refractivity contribution is -0.140. The third kappa shape index (κ3) is 3.48. The van der Waals surface area contributed by atoms with Crippen LogP contribution in [-0.2, 0) is 11.3 Å². The Kier molecular flexibility index (Phi) is 4.73. The van der Waals surface area contributed by atoms with Gasteiger partial charge < -0.3 is 10.2 Å². The Labute approximate surface area is 98.9 Å². The van der Waals surface area contributed by atoms with Crippen LogP contribution < -0.4 is 5.32 Å². The largest absolute Gasteiger partial charge is 0.480 e. The van der Waals surface area contributed by atoms with Crippen LogP contribution in [0, 0.1) is 6.92 Å². The van der Waals surface area contributed by atoms with E-state index in [2.05, 4.69) is 5.32 Å². The van der Waals surface area contributed by atoms with E-state index in [-0.39, 0.29) is 0 Å². The number of hydrogen-bond acceptors (Lipinski definition) is 3. The second-order valence-electron chi connectivity index (χ2n) is 3.54. The average molecular weight is 244 g/mol. The summed E-state index contributed by atoms with van der Waals surface area (Å²) in [7, 11) is 0. The zero-order chi connectivity index (χ0) is 12.1. The maximum atomic E-state index is 10.6. The summed E-state index contributed by atoms with van der Waals surface area (Å²) in [6.45, 7) is 1.84. The second-order valence-corrected chi connectivity index (χ2v) is 3.95. The molecule has 0 aromatic heterocycles. The third-order valence-corrected chi connectivity index (χ3v) is 2.68. The Hall–Kier alpha value is -1.10. The first-order valence-corrected chi connectivity index (χ1v) is 5.24. The lowest BCUT2D eigenvalue weighted by Crippen LogP contribution is -2.39. The third-order valence-electron chi connectivity index (χ3n) is 2.26. The summed E-state index contributed by atoms with van der Waals surface area (Å²) in [5.41, 5.74) is 1.87. The molecule has 4 nitrogen and oxygen atoms in total. The molecule has 3 N–H and O–H groups in total. The molecule has 0 aliphatic rings. The summed E-state index contributed by atoms with van der Waals surface area (Å²) in [6.07, 6.45) is 0. The number of aliphatic carboxylic acids is 1. The first-order valence-electron chi connectivity index (χ1n) is 4.86. The van der Waals surface area contributed by atoms with Gasteiger partial charge in [-0.1, -0.05) is 23.7 Å². The van der Waals surface area contributed by atoms with Crippen molar-refractivity contribution in [3.63, 3.8) is 0 Å². The number of halogens is 1. The standard InChI is InChI=1S/C11H14ClNO3/c1-7-4-8(2-3-9(7)12)5-13-10(6-14)11(15)16/h2-4,10,13-14H,5-6H2,1H3,(H,15,16)/t10-/m1/s1. The maximum absolute atomic E-state index is 10.6. The van der Waals surface area contributed by atoms with Gasteiger partial charge in [0.15, 0.2) is 0 Å². The molecule has 0 heterocycles. The highest BCUT2D eigenvalue weighted by molar-refractivity contribution is 6.31. The van der Waals surface area contributed by atoms with Crippen molar-refractivity contribution in [2.75, 3.05) is 6.61 Å². The molecule has 0 aliphatic heterocycles. The predicted molar refractivity (Wildman–Crippen MR) is 61.5 cm³/mol. The number of carboxylic acid groups (broad SMARTS) is 1. The zero-order valence-corrected chi connectivity index (χ0v) is 9.66. The number of carboxylic acids is 1. The van der Waals surface area contributed by atoms with Gasteiger partial charge in [-0.15, -0.1) is 0 Å². The first kappa shape index (κ1) is 13.0. The van der Waals surface area contributed by atoms with Gasteiger partial charge in [0, 0.05) is 11.6 Å². The number of aliphatic hydroxyl groups excluding tert-OH is 1. The Morgan fingerprint density at radius 1 is 1.56 bits per heavy atom. The molecule has 0 spiro atoms. The van der Waals surface area contributed by atoms with Gasteiger partial charge in [-0.25, -0.2) is 0 Å². The average Bonchev–Trinajstić information content (AvgIpc) is 2.23. The second kappa shape index (κ2) is 5.84. The van der Waals surface area contributed by atoms with Gasteiger partial charge in [-0.3, -0.25) is 10.1 Å². The van der Waals surface area contributed by atoms with Crippen molar-refractivity contribution >= 4 is 17.6 Å². The number of hydrogen-bond donors (Lipinski definition) is 3. The summed E-state index contributed by atoms with van der Waals surface area (Å²) in [5, 5.41) is 20.9. The Balaban J connectivity index is 2.60. The summed E-state index contributed by atoms with van der Waals surface area (Å²) in [5.74, 6) is -1.06. The van der Waals surface area contributed by atoms with Crippen LogP contribution in [0.3, 0.4) is 0 Å². The van der Waals surface area contributed by atoms with Crippen LogP contribution in [0.2, 0.25) is 5.02 Å². The number of benzene rings is 1. The van der Waals surface area contributed by atoms with E-state index < -0.39 is 18.6 Å². The SMILES string of the molecule is Cc1cc(CN[C@H](CO)C(=O)O)ccc1Cl. The number of aliphatic hydroxyl groups is 1. The van der Waals surface area contributed by atoms with Crippen molar-refractivity contribution in [1.82, 2.24) is 5.32 Å². The summed E-state index contributed by atoms with van der Waals surface area (Å²) < 4.78 is 0. The van der Waals surface area contributed by atoms with Crippen molar-refractivity contribution in [2.45, 2.75) is 19.5 Å². The normalized spacial score (nSPS) is 12.4. The molecular formula is C11H14ClNO3. The van der Waals surface area contributed by atoms with E-state index in [9.17, 15) is 4.79 Å². The molecule has 0 radical (unpaired) electrons.